The Morgan fingerprint density at radius 1 is 1.29 bits per heavy atom. The van der Waals surface area contributed by atoms with Crippen molar-refractivity contribution in [3.63, 3.8) is 0 Å². The maximum Gasteiger partial charge on any atom is 0.408 e. The van der Waals surface area contributed by atoms with Gasteiger partial charge in [0.25, 0.3) is 0 Å². The number of aryl methyl sites for hydroxylation is 2. The van der Waals surface area contributed by atoms with Gasteiger partial charge in [0.2, 0.25) is 0 Å². The predicted octanol–water partition coefficient (Wildman–Crippen LogP) is 2.20. The quantitative estimate of drug-likeness (QED) is 0.917. The molecule has 2 aromatic heterocycles. The van der Waals surface area contributed by atoms with Crippen LogP contribution < -0.4 is 5.32 Å². The Bertz CT molecular complexity index is 576. The molecule has 0 bridgehead atoms. The van der Waals surface area contributed by atoms with Gasteiger partial charge in [0.1, 0.15) is 6.54 Å². The third kappa shape index (κ3) is 5.05. The lowest BCUT2D eigenvalue weighted by molar-refractivity contribution is -0.143. The van der Waals surface area contributed by atoms with Crippen LogP contribution in [-0.2, 0) is 26.7 Å². The van der Waals surface area contributed by atoms with E-state index in [9.17, 15) is 13.2 Å². The monoisotopic (exact) mass is 323 g/mol. The smallest absolute Gasteiger partial charge is 0.307 e. The fraction of sp³-hybridized carbons (Fsp3) is 0.500. The molecule has 0 amide bonds. The Morgan fingerprint density at radius 2 is 2.00 bits per heavy atom. The minimum atomic E-state index is -4.26. The van der Waals surface area contributed by atoms with Crippen molar-refractivity contribution in [3.8, 4) is 0 Å². The summed E-state index contributed by atoms with van der Waals surface area (Å²) in [5.74, 6) is 0. The van der Waals surface area contributed by atoms with Crippen LogP contribution in [0, 0.1) is 6.92 Å². The third-order valence-corrected chi connectivity index (χ3v) is 2.87. The average molecular weight is 324 g/mol. The second-order valence-corrected chi connectivity index (χ2v) is 4.61. The van der Waals surface area contributed by atoms with Crippen LogP contribution in [0.25, 0.3) is 0 Å². The Hall–Kier alpha value is -1.54. The van der Waals surface area contributed by atoms with E-state index in [1.54, 1.807) is 10.7 Å². The molecule has 2 rings (SSSR count). The summed E-state index contributed by atoms with van der Waals surface area (Å²) in [7, 11) is 1.83. The van der Waals surface area contributed by atoms with E-state index < -0.39 is 12.7 Å². The van der Waals surface area contributed by atoms with Gasteiger partial charge < -0.3 is 5.32 Å². The summed E-state index contributed by atoms with van der Waals surface area (Å²) >= 11 is 0. The minimum Gasteiger partial charge on any atom is -0.307 e. The van der Waals surface area contributed by atoms with Crippen molar-refractivity contribution in [1.29, 1.82) is 0 Å². The largest absolute Gasteiger partial charge is 0.408 e. The molecule has 0 saturated heterocycles. The zero-order valence-corrected chi connectivity index (χ0v) is 12.5. The van der Waals surface area contributed by atoms with Crippen LogP contribution in [0.3, 0.4) is 0 Å². The van der Waals surface area contributed by atoms with Crippen molar-refractivity contribution in [2.75, 3.05) is 0 Å². The highest BCUT2D eigenvalue weighted by molar-refractivity contribution is 5.85. The van der Waals surface area contributed by atoms with E-state index in [0.29, 0.717) is 18.8 Å². The topological polar surface area (TPSA) is 47.7 Å². The predicted molar refractivity (Wildman–Crippen MR) is 74.0 cm³/mol. The molecule has 0 aliphatic heterocycles. The zero-order chi connectivity index (χ0) is 14.8. The summed E-state index contributed by atoms with van der Waals surface area (Å²) in [6.45, 7) is 1.70. The lowest BCUT2D eigenvalue weighted by atomic mass is 10.2. The SMILES string of the molecule is Cc1nn(C)cc1CNCc1ccnn1CC(F)(F)F.Cl. The van der Waals surface area contributed by atoms with E-state index in [4.69, 9.17) is 0 Å². The van der Waals surface area contributed by atoms with E-state index in [2.05, 4.69) is 15.5 Å². The summed E-state index contributed by atoms with van der Waals surface area (Å²) in [6.07, 6.45) is -1.01. The number of rotatable bonds is 5. The van der Waals surface area contributed by atoms with Crippen molar-refractivity contribution < 1.29 is 13.2 Å². The van der Waals surface area contributed by atoms with Gasteiger partial charge in [-0.2, -0.15) is 23.4 Å². The van der Waals surface area contributed by atoms with Crippen LogP contribution in [0.4, 0.5) is 13.2 Å². The molecular formula is C12H17ClF3N5. The Morgan fingerprint density at radius 3 is 2.57 bits per heavy atom. The Labute approximate surface area is 126 Å². The molecule has 5 nitrogen and oxygen atoms in total. The normalized spacial score (nSPS) is 11.5. The molecule has 118 valence electrons. The molecule has 0 aliphatic rings. The van der Waals surface area contributed by atoms with Crippen LogP contribution in [-0.4, -0.2) is 25.7 Å². The van der Waals surface area contributed by atoms with Crippen molar-refractivity contribution in [2.45, 2.75) is 32.7 Å². The van der Waals surface area contributed by atoms with Crippen molar-refractivity contribution >= 4 is 12.4 Å². The van der Waals surface area contributed by atoms with Crippen molar-refractivity contribution in [3.05, 3.63) is 35.4 Å². The highest BCUT2D eigenvalue weighted by Gasteiger charge is 2.29. The van der Waals surface area contributed by atoms with Crippen molar-refractivity contribution in [2.24, 2.45) is 7.05 Å². The van der Waals surface area contributed by atoms with Crippen LogP contribution in [0.1, 0.15) is 17.0 Å². The van der Waals surface area contributed by atoms with E-state index >= 15 is 0 Å². The number of nitrogens with one attached hydrogen (secondary N) is 1. The highest BCUT2D eigenvalue weighted by atomic mass is 35.5. The molecule has 2 heterocycles. The molecule has 0 saturated carbocycles. The molecule has 1 N–H and O–H groups in total. The van der Waals surface area contributed by atoms with Gasteiger partial charge in [-0.3, -0.25) is 9.36 Å². The zero-order valence-electron chi connectivity index (χ0n) is 11.7. The summed E-state index contributed by atoms with van der Waals surface area (Å²) in [5.41, 5.74) is 2.43. The number of halogens is 4. The number of hydrogen-bond donors (Lipinski definition) is 1. The Balaban J connectivity index is 0.00000220. The molecule has 0 spiro atoms. The summed E-state index contributed by atoms with van der Waals surface area (Å²) in [4.78, 5) is 0. The molecule has 0 aromatic carbocycles. The van der Waals surface area contributed by atoms with Crippen LogP contribution in [0.15, 0.2) is 18.5 Å². The van der Waals surface area contributed by atoms with Gasteiger partial charge in [0.05, 0.1) is 11.4 Å². The minimum absolute atomic E-state index is 0. The third-order valence-electron chi connectivity index (χ3n) is 2.87. The number of alkyl halides is 3. The maximum atomic E-state index is 12.3. The molecule has 9 heteroatoms. The first-order valence-electron chi connectivity index (χ1n) is 6.12. The van der Waals surface area contributed by atoms with Gasteiger partial charge in [0, 0.05) is 38.1 Å². The van der Waals surface area contributed by atoms with Crippen molar-refractivity contribution in [1.82, 2.24) is 24.9 Å². The first-order valence-corrected chi connectivity index (χ1v) is 6.12. The van der Waals surface area contributed by atoms with E-state index in [0.717, 1.165) is 15.9 Å². The molecule has 0 unspecified atom stereocenters. The first-order chi connectivity index (χ1) is 9.35. The van der Waals surface area contributed by atoms with Gasteiger partial charge in [-0.15, -0.1) is 12.4 Å². The molecule has 0 atom stereocenters. The van der Waals surface area contributed by atoms with Gasteiger partial charge >= 0.3 is 6.18 Å². The lowest BCUT2D eigenvalue weighted by Crippen LogP contribution is -2.23. The van der Waals surface area contributed by atoms with Gasteiger partial charge in [0.15, 0.2) is 0 Å². The number of nitrogens with zero attached hydrogens (tertiary/aromatic N) is 4. The van der Waals surface area contributed by atoms with Crippen LogP contribution in [0.5, 0.6) is 0 Å². The number of hydrogen-bond acceptors (Lipinski definition) is 3. The summed E-state index contributed by atoms with van der Waals surface area (Å²) in [6, 6.07) is 1.58. The fourth-order valence-corrected chi connectivity index (χ4v) is 1.97. The average Bonchev–Trinajstić information content (AvgIpc) is 2.85. The molecule has 21 heavy (non-hydrogen) atoms. The van der Waals surface area contributed by atoms with E-state index in [1.165, 1.54) is 6.20 Å². The first kappa shape index (κ1) is 17.5. The Kier molecular flexibility index (Phi) is 5.79. The fourth-order valence-electron chi connectivity index (χ4n) is 1.97. The summed E-state index contributed by atoms with van der Waals surface area (Å²) in [5, 5.41) is 11.0. The van der Waals surface area contributed by atoms with Crippen LogP contribution >= 0.6 is 12.4 Å². The molecule has 0 radical (unpaired) electrons. The van der Waals surface area contributed by atoms with Gasteiger partial charge in [-0.1, -0.05) is 0 Å². The second kappa shape index (κ2) is 6.95. The van der Waals surface area contributed by atoms with Gasteiger partial charge in [-0.05, 0) is 13.0 Å². The van der Waals surface area contributed by atoms with Crippen LogP contribution in [0.2, 0.25) is 0 Å². The molecular weight excluding hydrogens is 307 g/mol. The lowest BCUT2D eigenvalue weighted by Gasteiger charge is -2.10. The van der Waals surface area contributed by atoms with E-state index in [1.807, 2.05) is 20.2 Å². The molecule has 0 aliphatic carbocycles. The molecule has 0 fully saturated rings. The highest BCUT2D eigenvalue weighted by Crippen LogP contribution is 2.18. The van der Waals surface area contributed by atoms with Gasteiger partial charge in [-0.25, -0.2) is 0 Å². The summed E-state index contributed by atoms with van der Waals surface area (Å²) < 4.78 is 39.7. The number of aromatic nitrogens is 4. The second-order valence-electron chi connectivity index (χ2n) is 4.61. The molecule has 2 aromatic rings. The maximum absolute atomic E-state index is 12.3. The standard InChI is InChI=1S/C12H16F3N5.ClH/c1-9-10(7-19(2)18-9)5-16-6-11-3-4-17-20(11)8-12(13,14)15;/h3-4,7,16H,5-6,8H2,1-2H3;1H. The van der Waals surface area contributed by atoms with E-state index in [-0.39, 0.29) is 12.4 Å².